The first-order valence-electron chi connectivity index (χ1n) is 3.57. The van der Waals surface area contributed by atoms with E-state index >= 15 is 0 Å². The summed E-state index contributed by atoms with van der Waals surface area (Å²) >= 11 is 5.39. The minimum Gasteiger partial charge on any atom is -0.326 e. The second-order valence-electron chi connectivity index (χ2n) is 2.60. The number of halogens is 2. The fraction of sp³-hybridized carbons (Fsp3) is 0. The maximum absolute atomic E-state index is 13.1. The van der Waals surface area contributed by atoms with E-state index in [1.54, 1.807) is 0 Å². The molecular weight excluding hydrogens is 231 g/mol. The van der Waals surface area contributed by atoms with Crippen LogP contribution in [0.5, 0.6) is 0 Å². The van der Waals surface area contributed by atoms with Gasteiger partial charge in [0.1, 0.15) is 10.7 Å². The average molecular weight is 235 g/mol. The molecule has 1 aromatic rings. The van der Waals surface area contributed by atoms with Crippen molar-refractivity contribution in [3.63, 3.8) is 0 Å². The maximum atomic E-state index is 13.1. The molecule has 0 atom stereocenters. The van der Waals surface area contributed by atoms with Gasteiger partial charge in [-0.15, -0.1) is 4.40 Å². The molecule has 1 heterocycles. The Morgan fingerprint density at radius 1 is 1.43 bits per heavy atom. The zero-order chi connectivity index (χ0) is 10.3. The number of nitrogens with zero attached hydrogens (tertiary/aromatic N) is 1. The molecule has 2 rings (SSSR count). The van der Waals surface area contributed by atoms with Crippen molar-refractivity contribution in [3.05, 3.63) is 24.0 Å². The van der Waals surface area contributed by atoms with Crippen LogP contribution in [0.25, 0.3) is 0 Å². The lowest BCUT2D eigenvalue weighted by Gasteiger charge is -2.14. The summed E-state index contributed by atoms with van der Waals surface area (Å²) in [5.41, 5.74) is -0.160. The minimum absolute atomic E-state index is 0.160. The van der Waals surface area contributed by atoms with Gasteiger partial charge in [0.05, 0.1) is 5.69 Å². The number of benzene rings is 1. The molecule has 1 aliphatic heterocycles. The Kier molecular flexibility index (Phi) is 1.97. The Hall–Kier alpha value is -1.14. The molecule has 1 N–H and O–H groups in total. The number of amidine groups is 1. The molecule has 0 unspecified atom stereocenters. The van der Waals surface area contributed by atoms with Gasteiger partial charge in [-0.25, -0.2) is 4.39 Å². The second-order valence-corrected chi connectivity index (χ2v) is 4.53. The topological polar surface area (TPSA) is 58.5 Å². The summed E-state index contributed by atoms with van der Waals surface area (Å²) in [6, 6.07) is 3.69. The van der Waals surface area contributed by atoms with E-state index in [9.17, 15) is 12.8 Å². The molecule has 0 fully saturated rings. The van der Waals surface area contributed by atoms with Crippen LogP contribution in [0.3, 0.4) is 0 Å². The quantitative estimate of drug-likeness (QED) is 0.693. The molecule has 0 aliphatic carbocycles. The summed E-state index contributed by atoms with van der Waals surface area (Å²) in [5.74, 6) is -0.681. The third-order valence-corrected chi connectivity index (χ3v) is 3.28. The summed E-state index contributed by atoms with van der Waals surface area (Å²) in [5, 5.41) is 1.99. The summed E-state index contributed by atoms with van der Waals surface area (Å²) in [7, 11) is -3.86. The van der Waals surface area contributed by atoms with Crippen molar-refractivity contribution in [2.45, 2.75) is 4.90 Å². The van der Waals surface area contributed by atoms with Crippen molar-refractivity contribution >= 4 is 32.6 Å². The normalized spacial score (nSPS) is 18.0. The predicted octanol–water partition coefficient (Wildman–Crippen LogP) is 1.53. The Morgan fingerprint density at radius 2 is 2.14 bits per heavy atom. The third-order valence-electron chi connectivity index (χ3n) is 1.68. The highest BCUT2D eigenvalue weighted by Gasteiger charge is 2.26. The molecule has 0 saturated carbocycles. The molecule has 0 spiro atoms. The monoisotopic (exact) mass is 234 g/mol. The van der Waals surface area contributed by atoms with E-state index in [0.717, 1.165) is 6.07 Å². The molecule has 74 valence electrons. The maximum Gasteiger partial charge on any atom is 0.287 e. The number of fused-ring (bicyclic) bond motifs is 1. The first-order valence-corrected chi connectivity index (χ1v) is 5.38. The molecule has 4 nitrogen and oxygen atoms in total. The molecule has 7 heteroatoms. The van der Waals surface area contributed by atoms with Gasteiger partial charge in [0.25, 0.3) is 10.0 Å². The number of hydrogen-bond donors (Lipinski definition) is 1. The van der Waals surface area contributed by atoms with Gasteiger partial charge >= 0.3 is 0 Å². The molecule has 1 aliphatic rings. The van der Waals surface area contributed by atoms with Crippen molar-refractivity contribution in [2.75, 3.05) is 5.32 Å². The number of anilines is 1. The van der Waals surface area contributed by atoms with Crippen LogP contribution < -0.4 is 5.32 Å². The first-order chi connectivity index (χ1) is 6.50. The summed E-state index contributed by atoms with van der Waals surface area (Å²) in [6.07, 6.45) is 0. The van der Waals surface area contributed by atoms with Gasteiger partial charge in [0.2, 0.25) is 5.29 Å². The lowest BCUT2D eigenvalue weighted by Crippen LogP contribution is -2.18. The van der Waals surface area contributed by atoms with Gasteiger partial charge in [0, 0.05) is 0 Å². The van der Waals surface area contributed by atoms with Gasteiger partial charge in [-0.05, 0) is 23.7 Å². The Balaban J connectivity index is 2.78. The lowest BCUT2D eigenvalue weighted by atomic mass is 10.3. The Labute approximate surface area is 84.5 Å². The Morgan fingerprint density at radius 3 is 2.86 bits per heavy atom. The van der Waals surface area contributed by atoms with Gasteiger partial charge in [-0.3, -0.25) is 0 Å². The SMILES string of the molecule is O=S1(=O)N=C(Cl)Nc2c(F)cccc21. The predicted molar refractivity (Wildman–Crippen MR) is 50.5 cm³/mol. The fourth-order valence-corrected chi connectivity index (χ4v) is 2.50. The van der Waals surface area contributed by atoms with Gasteiger partial charge in [-0.2, -0.15) is 8.42 Å². The van der Waals surface area contributed by atoms with E-state index in [0.29, 0.717) is 0 Å². The number of nitrogens with one attached hydrogen (secondary N) is 1. The molecule has 0 saturated heterocycles. The highest BCUT2D eigenvalue weighted by molar-refractivity contribution is 7.90. The summed E-state index contributed by atoms with van der Waals surface area (Å²) in [6.45, 7) is 0. The molecule has 0 amide bonds. The van der Waals surface area contributed by atoms with E-state index < -0.39 is 15.8 Å². The van der Waals surface area contributed by atoms with Crippen molar-refractivity contribution < 1.29 is 12.8 Å². The van der Waals surface area contributed by atoms with E-state index in [1.165, 1.54) is 12.1 Å². The van der Waals surface area contributed by atoms with Crippen LogP contribution in [-0.4, -0.2) is 13.7 Å². The third kappa shape index (κ3) is 1.36. The van der Waals surface area contributed by atoms with Crippen LogP contribution in [0.1, 0.15) is 0 Å². The fourth-order valence-electron chi connectivity index (χ4n) is 1.12. The largest absolute Gasteiger partial charge is 0.326 e. The van der Waals surface area contributed by atoms with Crippen LogP contribution >= 0.6 is 11.6 Å². The van der Waals surface area contributed by atoms with Crippen molar-refractivity contribution in [1.29, 1.82) is 0 Å². The van der Waals surface area contributed by atoms with Crippen LogP contribution in [-0.2, 0) is 10.0 Å². The number of sulfonamides is 1. The van der Waals surface area contributed by atoms with E-state index in [4.69, 9.17) is 11.6 Å². The summed E-state index contributed by atoms with van der Waals surface area (Å²) in [4.78, 5) is -0.207. The van der Waals surface area contributed by atoms with Gasteiger partial charge < -0.3 is 5.32 Å². The first kappa shape index (κ1) is 9.42. The molecule has 0 radical (unpaired) electrons. The smallest absolute Gasteiger partial charge is 0.287 e. The van der Waals surface area contributed by atoms with Crippen LogP contribution in [0.4, 0.5) is 10.1 Å². The second kappa shape index (κ2) is 2.93. The highest BCUT2D eigenvalue weighted by Crippen LogP contribution is 2.29. The van der Waals surface area contributed by atoms with Gasteiger partial charge in [0.15, 0.2) is 0 Å². The molecule has 0 bridgehead atoms. The average Bonchev–Trinajstić information content (AvgIpc) is 2.05. The molecule has 14 heavy (non-hydrogen) atoms. The van der Waals surface area contributed by atoms with Crippen LogP contribution in [0.15, 0.2) is 27.5 Å². The van der Waals surface area contributed by atoms with Gasteiger partial charge in [-0.1, -0.05) is 6.07 Å². The van der Waals surface area contributed by atoms with E-state index in [2.05, 4.69) is 9.71 Å². The van der Waals surface area contributed by atoms with Crippen LogP contribution in [0, 0.1) is 5.82 Å². The standard InChI is InChI=1S/C7H4ClFN2O2S/c8-7-10-6-4(9)2-1-3-5(6)14(12,13)11-7/h1-3H,(H,10,11). The van der Waals surface area contributed by atoms with Crippen molar-refractivity contribution in [2.24, 2.45) is 4.40 Å². The highest BCUT2D eigenvalue weighted by atomic mass is 35.5. The zero-order valence-electron chi connectivity index (χ0n) is 6.66. The number of hydrogen-bond acceptors (Lipinski definition) is 3. The zero-order valence-corrected chi connectivity index (χ0v) is 8.23. The molecule has 0 aromatic heterocycles. The Bertz CT molecular complexity index is 526. The van der Waals surface area contributed by atoms with E-state index in [1.807, 2.05) is 0 Å². The number of para-hydroxylation sites is 1. The molecule has 1 aromatic carbocycles. The van der Waals surface area contributed by atoms with E-state index in [-0.39, 0.29) is 15.9 Å². The lowest BCUT2D eigenvalue weighted by molar-refractivity contribution is 0.593. The van der Waals surface area contributed by atoms with Crippen LogP contribution in [0.2, 0.25) is 0 Å². The van der Waals surface area contributed by atoms with Crippen molar-refractivity contribution in [3.8, 4) is 0 Å². The number of rotatable bonds is 0. The molecular formula is C7H4ClFN2O2S. The summed E-state index contributed by atoms with van der Waals surface area (Å²) < 4.78 is 39.0. The van der Waals surface area contributed by atoms with Crippen molar-refractivity contribution in [1.82, 2.24) is 0 Å². The minimum atomic E-state index is -3.86.